The predicted molar refractivity (Wildman–Crippen MR) is 64.5 cm³/mol. The Morgan fingerprint density at radius 1 is 1.37 bits per heavy atom. The maximum absolute atomic E-state index is 12.0. The minimum atomic E-state index is -4.32. The van der Waals surface area contributed by atoms with Gasteiger partial charge >= 0.3 is 6.18 Å². The van der Waals surface area contributed by atoms with E-state index in [9.17, 15) is 13.2 Å². The highest BCUT2D eigenvalue weighted by Crippen LogP contribution is 2.20. The summed E-state index contributed by atoms with van der Waals surface area (Å²) in [5, 5.41) is 0.892. The fourth-order valence-electron chi connectivity index (χ4n) is 1.91. The molecule has 104 valence electrons. The normalized spacial score (nSPS) is 12.2. The number of pyridine rings is 1. The van der Waals surface area contributed by atoms with Crippen LogP contribution in [0, 0.1) is 0 Å². The van der Waals surface area contributed by atoms with Gasteiger partial charge in [-0.2, -0.15) is 13.2 Å². The molecule has 2 rings (SSSR count). The highest BCUT2D eigenvalue weighted by atomic mass is 19.4. The smallest absolute Gasteiger partial charge is 0.351 e. The van der Waals surface area contributed by atoms with Crippen LogP contribution in [-0.4, -0.2) is 28.9 Å². The van der Waals surface area contributed by atoms with Crippen LogP contribution in [0.3, 0.4) is 0 Å². The lowest BCUT2D eigenvalue weighted by atomic mass is 10.2. The van der Waals surface area contributed by atoms with Gasteiger partial charge in [-0.1, -0.05) is 0 Å². The van der Waals surface area contributed by atoms with Crippen molar-refractivity contribution in [1.82, 2.24) is 9.55 Å². The first-order chi connectivity index (χ1) is 9.01. The molecule has 2 N–H and O–H groups in total. The van der Waals surface area contributed by atoms with Crippen molar-refractivity contribution in [3.05, 3.63) is 30.1 Å². The van der Waals surface area contributed by atoms with E-state index in [0.717, 1.165) is 10.9 Å². The van der Waals surface area contributed by atoms with Gasteiger partial charge in [0.2, 0.25) is 0 Å². The first kappa shape index (κ1) is 13.8. The third kappa shape index (κ3) is 3.45. The van der Waals surface area contributed by atoms with Crippen molar-refractivity contribution in [3.8, 4) is 0 Å². The molecule has 0 amide bonds. The molecule has 19 heavy (non-hydrogen) atoms. The van der Waals surface area contributed by atoms with Crippen molar-refractivity contribution in [2.45, 2.75) is 19.3 Å². The number of fused-ring (bicyclic) bond motifs is 1. The lowest BCUT2D eigenvalue weighted by Gasteiger charge is -2.08. The molecular formula is C12H14F3N3O. The molecule has 0 fully saturated rings. The van der Waals surface area contributed by atoms with Gasteiger partial charge < -0.3 is 15.0 Å². The summed E-state index contributed by atoms with van der Waals surface area (Å²) in [7, 11) is 0. The summed E-state index contributed by atoms with van der Waals surface area (Å²) >= 11 is 0. The molecule has 7 heteroatoms. The van der Waals surface area contributed by atoms with Gasteiger partial charge in [0, 0.05) is 17.8 Å². The van der Waals surface area contributed by atoms with Gasteiger partial charge in [-0.25, -0.2) is 4.98 Å². The Morgan fingerprint density at radius 3 is 2.84 bits per heavy atom. The summed E-state index contributed by atoms with van der Waals surface area (Å²) in [6, 6.07) is 3.65. The van der Waals surface area contributed by atoms with Gasteiger partial charge in [0.05, 0.1) is 0 Å². The second-order valence-electron chi connectivity index (χ2n) is 4.13. The SMILES string of the molecule is NCCc1cn(COCC(F)(F)F)c2ncccc12. The van der Waals surface area contributed by atoms with E-state index >= 15 is 0 Å². The Kier molecular flexibility index (Phi) is 4.06. The van der Waals surface area contributed by atoms with E-state index in [1.807, 2.05) is 6.07 Å². The fraction of sp³-hybridized carbons (Fsp3) is 0.417. The van der Waals surface area contributed by atoms with Crippen LogP contribution in [0.4, 0.5) is 13.2 Å². The summed E-state index contributed by atoms with van der Waals surface area (Å²) in [6.45, 7) is -0.985. The molecule has 0 spiro atoms. The highest BCUT2D eigenvalue weighted by molar-refractivity contribution is 5.80. The fourth-order valence-corrected chi connectivity index (χ4v) is 1.91. The van der Waals surface area contributed by atoms with E-state index in [0.29, 0.717) is 18.6 Å². The number of rotatable bonds is 5. The molecule has 0 saturated heterocycles. The summed E-state index contributed by atoms with van der Waals surface area (Å²) < 4.78 is 42.3. The molecule has 2 aromatic heterocycles. The Balaban J connectivity index is 2.18. The monoisotopic (exact) mass is 273 g/mol. The zero-order valence-corrected chi connectivity index (χ0v) is 10.2. The number of halogens is 3. The van der Waals surface area contributed by atoms with Gasteiger partial charge in [-0.3, -0.25) is 0 Å². The topological polar surface area (TPSA) is 53.1 Å². The van der Waals surface area contributed by atoms with Crippen LogP contribution in [0.1, 0.15) is 5.56 Å². The number of nitrogens with two attached hydrogens (primary N) is 1. The second-order valence-corrected chi connectivity index (χ2v) is 4.13. The maximum Gasteiger partial charge on any atom is 0.411 e. The molecule has 2 heterocycles. The zero-order chi connectivity index (χ0) is 13.9. The van der Waals surface area contributed by atoms with Crippen molar-refractivity contribution in [2.24, 2.45) is 5.73 Å². The minimum Gasteiger partial charge on any atom is -0.351 e. The van der Waals surface area contributed by atoms with Crippen LogP contribution in [0.15, 0.2) is 24.5 Å². The molecule has 4 nitrogen and oxygen atoms in total. The maximum atomic E-state index is 12.0. The van der Waals surface area contributed by atoms with Gasteiger partial charge in [0.25, 0.3) is 0 Å². The number of ether oxygens (including phenoxy) is 1. The molecule has 0 aliphatic carbocycles. The Labute approximate surface area is 108 Å². The molecule has 0 aliphatic heterocycles. The lowest BCUT2D eigenvalue weighted by Crippen LogP contribution is -2.18. The zero-order valence-electron chi connectivity index (χ0n) is 10.2. The number of aromatic nitrogens is 2. The summed E-state index contributed by atoms with van der Waals surface area (Å²) in [5.74, 6) is 0. The van der Waals surface area contributed by atoms with Crippen LogP contribution < -0.4 is 5.73 Å². The van der Waals surface area contributed by atoms with Crippen molar-refractivity contribution in [2.75, 3.05) is 13.2 Å². The summed E-state index contributed by atoms with van der Waals surface area (Å²) in [4.78, 5) is 4.16. The molecule has 0 radical (unpaired) electrons. The van der Waals surface area contributed by atoms with E-state index in [1.165, 1.54) is 0 Å². The predicted octanol–water partition coefficient (Wildman–Crippen LogP) is 2.07. The van der Waals surface area contributed by atoms with Crippen LogP contribution in [0.2, 0.25) is 0 Å². The van der Waals surface area contributed by atoms with Crippen LogP contribution in [-0.2, 0) is 17.9 Å². The van der Waals surface area contributed by atoms with Gasteiger partial charge in [0.15, 0.2) is 0 Å². The molecular weight excluding hydrogens is 259 g/mol. The van der Waals surface area contributed by atoms with Crippen molar-refractivity contribution in [1.29, 1.82) is 0 Å². The van der Waals surface area contributed by atoms with E-state index in [1.54, 1.807) is 23.0 Å². The molecule has 0 aromatic carbocycles. The number of nitrogens with zero attached hydrogens (tertiary/aromatic N) is 2. The average molecular weight is 273 g/mol. The first-order valence-electron chi connectivity index (χ1n) is 5.78. The molecule has 0 saturated carbocycles. The number of alkyl halides is 3. The average Bonchev–Trinajstić information content (AvgIpc) is 2.68. The van der Waals surface area contributed by atoms with Crippen LogP contribution >= 0.6 is 0 Å². The van der Waals surface area contributed by atoms with Crippen molar-refractivity contribution >= 4 is 11.0 Å². The highest BCUT2D eigenvalue weighted by Gasteiger charge is 2.27. The Bertz CT molecular complexity index is 551. The van der Waals surface area contributed by atoms with Crippen LogP contribution in [0.5, 0.6) is 0 Å². The van der Waals surface area contributed by atoms with Gasteiger partial charge in [0.1, 0.15) is 19.0 Å². The Hall–Kier alpha value is -1.60. The second kappa shape index (κ2) is 5.58. The van der Waals surface area contributed by atoms with Crippen molar-refractivity contribution in [3.63, 3.8) is 0 Å². The van der Waals surface area contributed by atoms with Gasteiger partial charge in [-0.05, 0) is 30.7 Å². The van der Waals surface area contributed by atoms with Crippen LogP contribution in [0.25, 0.3) is 11.0 Å². The quantitative estimate of drug-likeness (QED) is 0.907. The Morgan fingerprint density at radius 2 is 2.16 bits per heavy atom. The standard InChI is InChI=1S/C12H14F3N3O/c13-12(14,15)7-19-8-18-6-9(3-4-16)10-2-1-5-17-11(10)18/h1-2,5-6H,3-4,7-8,16H2. The molecule has 0 bridgehead atoms. The van der Waals surface area contributed by atoms with E-state index in [-0.39, 0.29) is 6.73 Å². The van der Waals surface area contributed by atoms with E-state index in [4.69, 9.17) is 5.73 Å². The van der Waals surface area contributed by atoms with Crippen molar-refractivity contribution < 1.29 is 17.9 Å². The minimum absolute atomic E-state index is 0.183. The lowest BCUT2D eigenvalue weighted by molar-refractivity contribution is -0.181. The molecule has 0 aliphatic rings. The van der Waals surface area contributed by atoms with E-state index < -0.39 is 12.8 Å². The first-order valence-corrected chi connectivity index (χ1v) is 5.78. The molecule has 0 unspecified atom stereocenters. The largest absolute Gasteiger partial charge is 0.411 e. The molecule has 0 atom stereocenters. The number of hydrogen-bond donors (Lipinski definition) is 1. The van der Waals surface area contributed by atoms with Gasteiger partial charge in [-0.15, -0.1) is 0 Å². The number of hydrogen-bond acceptors (Lipinski definition) is 3. The molecule has 2 aromatic rings. The van der Waals surface area contributed by atoms with E-state index in [2.05, 4.69) is 9.72 Å². The third-order valence-corrected chi connectivity index (χ3v) is 2.63. The third-order valence-electron chi connectivity index (χ3n) is 2.63. The summed E-state index contributed by atoms with van der Waals surface area (Å²) in [5.41, 5.74) is 7.07. The summed E-state index contributed by atoms with van der Waals surface area (Å²) in [6.07, 6.45) is -0.347.